The normalized spacial score (nSPS) is 11.1. The van der Waals surface area contributed by atoms with Crippen LogP contribution in [-0.4, -0.2) is 30.8 Å². The standard InChI is InChI=1S/C16H22F2N2O4/c1-16(2,3)24-15(22)19-10-6-9-13(21)20-11-7-4-5-8-12(11)23-14(17)18/h4-5,7-8,14H,6,9-10H2,1-3H3,(H,19,22)(H,20,21). The maximum atomic E-state index is 12.3. The minimum atomic E-state index is -2.97. The predicted molar refractivity (Wildman–Crippen MR) is 85.2 cm³/mol. The number of hydrogen-bond acceptors (Lipinski definition) is 4. The molecule has 0 atom stereocenters. The first-order valence-corrected chi connectivity index (χ1v) is 7.48. The van der Waals surface area contributed by atoms with Crippen molar-refractivity contribution < 1.29 is 27.8 Å². The lowest BCUT2D eigenvalue weighted by molar-refractivity contribution is -0.116. The molecular weight excluding hydrogens is 322 g/mol. The van der Waals surface area contributed by atoms with Gasteiger partial charge in [-0.05, 0) is 39.3 Å². The van der Waals surface area contributed by atoms with Gasteiger partial charge < -0.3 is 20.1 Å². The highest BCUT2D eigenvalue weighted by atomic mass is 19.3. The van der Waals surface area contributed by atoms with Crippen molar-refractivity contribution in [3.63, 3.8) is 0 Å². The predicted octanol–water partition coefficient (Wildman–Crippen LogP) is 3.53. The molecule has 2 amide bonds. The SMILES string of the molecule is CC(C)(C)OC(=O)NCCCC(=O)Nc1ccccc1OC(F)F. The summed E-state index contributed by atoms with van der Waals surface area (Å²) in [6, 6.07) is 5.93. The summed E-state index contributed by atoms with van der Waals surface area (Å²) in [5, 5.41) is 5.03. The van der Waals surface area contributed by atoms with Crippen LogP contribution in [0.2, 0.25) is 0 Å². The van der Waals surface area contributed by atoms with Crippen LogP contribution in [0.4, 0.5) is 19.3 Å². The number of amides is 2. The maximum Gasteiger partial charge on any atom is 0.407 e. The van der Waals surface area contributed by atoms with Crippen molar-refractivity contribution in [3.05, 3.63) is 24.3 Å². The van der Waals surface area contributed by atoms with E-state index in [9.17, 15) is 18.4 Å². The Kier molecular flexibility index (Phi) is 7.41. The van der Waals surface area contributed by atoms with Crippen LogP contribution < -0.4 is 15.4 Å². The third kappa shape index (κ3) is 8.30. The third-order valence-electron chi connectivity index (χ3n) is 2.63. The fraction of sp³-hybridized carbons (Fsp3) is 0.500. The number of carbonyl (C=O) groups excluding carboxylic acids is 2. The van der Waals surface area contributed by atoms with Crippen LogP contribution in [0.25, 0.3) is 0 Å². The zero-order valence-electron chi connectivity index (χ0n) is 13.9. The van der Waals surface area contributed by atoms with E-state index in [-0.39, 0.29) is 30.3 Å². The molecule has 0 aliphatic carbocycles. The quantitative estimate of drug-likeness (QED) is 0.742. The monoisotopic (exact) mass is 344 g/mol. The van der Waals surface area contributed by atoms with E-state index < -0.39 is 18.3 Å². The van der Waals surface area contributed by atoms with Crippen molar-refractivity contribution >= 4 is 17.7 Å². The first-order chi connectivity index (χ1) is 11.2. The number of para-hydroxylation sites is 2. The number of alkyl halides is 2. The fourth-order valence-electron chi connectivity index (χ4n) is 1.73. The molecule has 0 spiro atoms. The van der Waals surface area contributed by atoms with Gasteiger partial charge in [0.05, 0.1) is 5.69 Å². The highest BCUT2D eigenvalue weighted by molar-refractivity contribution is 5.92. The van der Waals surface area contributed by atoms with Crippen molar-refractivity contribution in [2.45, 2.75) is 45.8 Å². The van der Waals surface area contributed by atoms with E-state index in [0.717, 1.165) is 0 Å². The van der Waals surface area contributed by atoms with E-state index in [0.29, 0.717) is 6.42 Å². The van der Waals surface area contributed by atoms with Gasteiger partial charge in [-0.25, -0.2) is 4.79 Å². The van der Waals surface area contributed by atoms with Crippen molar-refractivity contribution in [1.82, 2.24) is 5.32 Å². The van der Waals surface area contributed by atoms with Gasteiger partial charge >= 0.3 is 12.7 Å². The van der Waals surface area contributed by atoms with Gasteiger partial charge in [-0.3, -0.25) is 4.79 Å². The second-order valence-electron chi connectivity index (χ2n) is 5.96. The van der Waals surface area contributed by atoms with Crippen LogP contribution in [0.15, 0.2) is 24.3 Å². The summed E-state index contributed by atoms with van der Waals surface area (Å²) in [6.07, 6.45) is -0.0690. The number of carbonyl (C=O) groups is 2. The largest absolute Gasteiger partial charge is 0.444 e. The Labute approximate surface area is 139 Å². The molecule has 6 nitrogen and oxygen atoms in total. The van der Waals surface area contributed by atoms with Gasteiger partial charge in [0, 0.05) is 13.0 Å². The minimum Gasteiger partial charge on any atom is -0.444 e. The van der Waals surface area contributed by atoms with Crippen LogP contribution in [-0.2, 0) is 9.53 Å². The molecule has 0 radical (unpaired) electrons. The Bertz CT molecular complexity index is 559. The zero-order valence-corrected chi connectivity index (χ0v) is 13.9. The molecule has 0 saturated heterocycles. The number of anilines is 1. The topological polar surface area (TPSA) is 76.7 Å². The van der Waals surface area contributed by atoms with Gasteiger partial charge in [0.1, 0.15) is 11.4 Å². The summed E-state index contributed by atoms with van der Waals surface area (Å²) in [4.78, 5) is 23.2. The molecule has 0 bridgehead atoms. The molecule has 2 N–H and O–H groups in total. The van der Waals surface area contributed by atoms with E-state index >= 15 is 0 Å². The number of hydrogen-bond donors (Lipinski definition) is 2. The van der Waals surface area contributed by atoms with Gasteiger partial charge in [-0.15, -0.1) is 0 Å². The lowest BCUT2D eigenvalue weighted by Gasteiger charge is -2.19. The Hall–Kier alpha value is -2.38. The maximum absolute atomic E-state index is 12.3. The number of ether oxygens (including phenoxy) is 2. The van der Waals surface area contributed by atoms with Crippen molar-refractivity contribution in [3.8, 4) is 5.75 Å². The summed E-state index contributed by atoms with van der Waals surface area (Å²) >= 11 is 0. The molecule has 8 heteroatoms. The third-order valence-corrected chi connectivity index (χ3v) is 2.63. The smallest absolute Gasteiger partial charge is 0.407 e. The number of halogens is 2. The van der Waals surface area contributed by atoms with Gasteiger partial charge in [0.2, 0.25) is 5.91 Å². The Morgan fingerprint density at radius 1 is 1.21 bits per heavy atom. The highest BCUT2D eigenvalue weighted by Crippen LogP contribution is 2.25. The highest BCUT2D eigenvalue weighted by Gasteiger charge is 2.16. The molecular formula is C16H22F2N2O4. The Balaban J connectivity index is 2.36. The molecule has 1 aromatic rings. The summed E-state index contributed by atoms with van der Waals surface area (Å²) in [7, 11) is 0. The number of rotatable bonds is 7. The van der Waals surface area contributed by atoms with Crippen LogP contribution >= 0.6 is 0 Å². The molecule has 0 aromatic heterocycles. The van der Waals surface area contributed by atoms with Gasteiger partial charge in [0.25, 0.3) is 0 Å². The lowest BCUT2D eigenvalue weighted by Crippen LogP contribution is -2.33. The first kappa shape index (κ1) is 19.7. The number of alkyl carbamates (subject to hydrolysis) is 1. The average molecular weight is 344 g/mol. The van der Waals surface area contributed by atoms with Crippen LogP contribution in [0.3, 0.4) is 0 Å². The van der Waals surface area contributed by atoms with E-state index in [1.54, 1.807) is 26.8 Å². The molecule has 0 aliphatic rings. The molecule has 0 saturated carbocycles. The summed E-state index contributed by atoms with van der Waals surface area (Å²) in [6.45, 7) is 2.54. The van der Waals surface area contributed by atoms with E-state index in [1.165, 1.54) is 18.2 Å². The summed E-state index contributed by atoms with van der Waals surface area (Å²) in [5.41, 5.74) is -0.418. The second-order valence-corrected chi connectivity index (χ2v) is 5.96. The Morgan fingerprint density at radius 2 is 1.88 bits per heavy atom. The van der Waals surface area contributed by atoms with E-state index in [4.69, 9.17) is 4.74 Å². The molecule has 134 valence electrons. The molecule has 0 aliphatic heterocycles. The zero-order chi connectivity index (χ0) is 18.2. The average Bonchev–Trinajstić information content (AvgIpc) is 2.43. The second kappa shape index (κ2) is 9.05. The molecule has 24 heavy (non-hydrogen) atoms. The lowest BCUT2D eigenvalue weighted by atomic mass is 10.2. The molecule has 1 aromatic carbocycles. The van der Waals surface area contributed by atoms with Crippen LogP contribution in [0, 0.1) is 0 Å². The Morgan fingerprint density at radius 3 is 2.50 bits per heavy atom. The molecule has 0 heterocycles. The van der Waals surface area contributed by atoms with Gasteiger partial charge in [0.15, 0.2) is 0 Å². The van der Waals surface area contributed by atoms with Crippen molar-refractivity contribution in [1.29, 1.82) is 0 Å². The van der Waals surface area contributed by atoms with Crippen molar-refractivity contribution in [2.24, 2.45) is 0 Å². The fourth-order valence-corrected chi connectivity index (χ4v) is 1.73. The summed E-state index contributed by atoms with van der Waals surface area (Å²) in [5.74, 6) is -0.473. The van der Waals surface area contributed by atoms with E-state index in [2.05, 4.69) is 15.4 Å². The van der Waals surface area contributed by atoms with Crippen LogP contribution in [0.5, 0.6) is 5.75 Å². The number of benzene rings is 1. The molecule has 1 rings (SSSR count). The van der Waals surface area contributed by atoms with Crippen LogP contribution in [0.1, 0.15) is 33.6 Å². The number of nitrogens with one attached hydrogen (secondary N) is 2. The van der Waals surface area contributed by atoms with Gasteiger partial charge in [-0.2, -0.15) is 8.78 Å². The summed E-state index contributed by atoms with van der Waals surface area (Å²) < 4.78 is 34.0. The molecule has 0 fully saturated rings. The molecule has 0 unspecified atom stereocenters. The van der Waals surface area contributed by atoms with Gasteiger partial charge in [-0.1, -0.05) is 12.1 Å². The van der Waals surface area contributed by atoms with Crippen molar-refractivity contribution in [2.75, 3.05) is 11.9 Å². The van der Waals surface area contributed by atoms with E-state index in [1.807, 2.05) is 0 Å². The minimum absolute atomic E-state index is 0.104. The first-order valence-electron chi connectivity index (χ1n) is 7.48.